The van der Waals surface area contributed by atoms with E-state index in [1.807, 2.05) is 6.92 Å². The number of hydrogen-bond acceptors (Lipinski definition) is 5. The van der Waals surface area contributed by atoms with Crippen LogP contribution in [0.5, 0.6) is 5.75 Å². The van der Waals surface area contributed by atoms with Crippen LogP contribution in [0, 0.1) is 12.3 Å². The molecular weight excluding hydrogens is 288 g/mol. The molecule has 0 radical (unpaired) electrons. The summed E-state index contributed by atoms with van der Waals surface area (Å²) < 4.78 is 12.8. The van der Waals surface area contributed by atoms with E-state index in [1.54, 1.807) is 22.6 Å². The van der Waals surface area contributed by atoms with Gasteiger partial charge in [-0.05, 0) is 13.8 Å². The fourth-order valence-electron chi connectivity index (χ4n) is 3.59. The lowest BCUT2D eigenvalue weighted by Gasteiger charge is -2.56. The molecule has 3 aliphatic heterocycles. The Balaban J connectivity index is 1.81. The van der Waals surface area contributed by atoms with Crippen LogP contribution in [0.1, 0.15) is 23.0 Å². The van der Waals surface area contributed by atoms with Gasteiger partial charge in [-0.3, -0.25) is 9.59 Å². The van der Waals surface area contributed by atoms with E-state index >= 15 is 0 Å². The lowest BCUT2D eigenvalue weighted by Crippen LogP contribution is -2.69. The molecule has 0 aromatic carbocycles. The number of carbonyl (C=O) groups excluding carboxylic acids is 1. The van der Waals surface area contributed by atoms with E-state index in [2.05, 4.69) is 0 Å². The number of nitrogens with zero attached hydrogens (tertiary/aromatic N) is 2. The summed E-state index contributed by atoms with van der Waals surface area (Å²) >= 11 is 0. The van der Waals surface area contributed by atoms with E-state index in [9.17, 15) is 14.7 Å². The van der Waals surface area contributed by atoms with E-state index in [0.717, 1.165) is 0 Å². The summed E-state index contributed by atoms with van der Waals surface area (Å²) in [5, 5.41) is 10.1. The molecule has 7 nitrogen and oxygen atoms in total. The number of amides is 1. The molecule has 0 bridgehead atoms. The van der Waals surface area contributed by atoms with Gasteiger partial charge in [0.2, 0.25) is 5.43 Å². The van der Waals surface area contributed by atoms with Crippen LogP contribution in [0.3, 0.4) is 0 Å². The lowest BCUT2D eigenvalue weighted by molar-refractivity contribution is -0.249. The predicted octanol–water partition coefficient (Wildman–Crippen LogP) is 0.0795. The number of aryl methyl sites for hydroxylation is 1. The molecular formula is C15H18N2O5. The standard InChI is InChI=1S/C15H18N2O5/c1-8-3-16-4-10-17(14(20)11(16)13(19)12(8)18)9(2)15(7-22-10)5-21-6-15/h3,9-10,19H,4-7H2,1-2H3/t9-,10+/m1/s1. The van der Waals surface area contributed by atoms with Crippen molar-refractivity contribution in [2.75, 3.05) is 19.8 Å². The van der Waals surface area contributed by atoms with Crippen LogP contribution < -0.4 is 5.43 Å². The maximum absolute atomic E-state index is 12.9. The number of aromatic hydroxyl groups is 1. The Morgan fingerprint density at radius 3 is 2.68 bits per heavy atom. The molecule has 4 heterocycles. The second-order valence-electron chi connectivity index (χ2n) is 6.50. The summed E-state index contributed by atoms with van der Waals surface area (Å²) in [6.45, 7) is 5.71. The van der Waals surface area contributed by atoms with Crippen LogP contribution >= 0.6 is 0 Å². The molecule has 4 rings (SSSR count). The first-order chi connectivity index (χ1) is 10.4. The summed E-state index contributed by atoms with van der Waals surface area (Å²) in [6, 6.07) is -0.0583. The minimum Gasteiger partial charge on any atom is -0.503 e. The monoisotopic (exact) mass is 306 g/mol. The van der Waals surface area contributed by atoms with Crippen molar-refractivity contribution < 1.29 is 19.4 Å². The summed E-state index contributed by atoms with van der Waals surface area (Å²) in [6.07, 6.45) is 1.24. The molecule has 1 aromatic rings. The summed E-state index contributed by atoms with van der Waals surface area (Å²) in [5.41, 5.74) is -0.199. The molecule has 2 fully saturated rings. The van der Waals surface area contributed by atoms with Gasteiger partial charge in [0.25, 0.3) is 5.91 Å². The highest BCUT2D eigenvalue weighted by Crippen LogP contribution is 2.42. The molecule has 1 aromatic heterocycles. The zero-order chi connectivity index (χ0) is 15.6. The number of carbonyl (C=O) groups is 1. The summed E-state index contributed by atoms with van der Waals surface area (Å²) in [4.78, 5) is 26.4. The van der Waals surface area contributed by atoms with Crippen molar-refractivity contribution in [3.05, 3.63) is 27.7 Å². The number of ether oxygens (including phenoxy) is 2. The normalized spacial score (nSPS) is 29.0. The Kier molecular flexibility index (Phi) is 2.71. The SMILES string of the molecule is Cc1cn2c(c(O)c1=O)C(=O)N1[C@H](C2)OCC2(COC2)[C@H]1C. The smallest absolute Gasteiger partial charge is 0.276 e. The van der Waals surface area contributed by atoms with Crippen LogP contribution in [0.2, 0.25) is 0 Å². The van der Waals surface area contributed by atoms with Gasteiger partial charge in [-0.25, -0.2) is 0 Å². The molecule has 2 saturated heterocycles. The van der Waals surface area contributed by atoms with Gasteiger partial charge in [-0.1, -0.05) is 0 Å². The van der Waals surface area contributed by atoms with Crippen LogP contribution in [-0.4, -0.2) is 52.6 Å². The van der Waals surface area contributed by atoms with E-state index in [-0.39, 0.29) is 29.3 Å². The average Bonchev–Trinajstić information content (AvgIpc) is 2.43. The zero-order valence-corrected chi connectivity index (χ0v) is 12.5. The van der Waals surface area contributed by atoms with Gasteiger partial charge in [0.1, 0.15) is 0 Å². The van der Waals surface area contributed by atoms with Gasteiger partial charge in [0.05, 0.1) is 31.8 Å². The van der Waals surface area contributed by atoms with Crippen LogP contribution in [0.4, 0.5) is 0 Å². The third kappa shape index (κ3) is 1.58. The van der Waals surface area contributed by atoms with Crippen LogP contribution in [0.25, 0.3) is 0 Å². The van der Waals surface area contributed by atoms with Crippen LogP contribution in [-0.2, 0) is 16.0 Å². The van der Waals surface area contributed by atoms with Crippen molar-refractivity contribution in [1.82, 2.24) is 9.47 Å². The molecule has 118 valence electrons. The Morgan fingerprint density at radius 2 is 2.05 bits per heavy atom. The molecule has 0 saturated carbocycles. The lowest BCUT2D eigenvalue weighted by atomic mass is 9.77. The highest BCUT2D eigenvalue weighted by Gasteiger charge is 2.54. The summed E-state index contributed by atoms with van der Waals surface area (Å²) in [5.74, 6) is -0.829. The van der Waals surface area contributed by atoms with Crippen molar-refractivity contribution in [1.29, 1.82) is 0 Å². The fraction of sp³-hybridized carbons (Fsp3) is 0.600. The van der Waals surface area contributed by atoms with Crippen molar-refractivity contribution in [3.8, 4) is 5.75 Å². The van der Waals surface area contributed by atoms with Gasteiger partial charge in [0, 0.05) is 17.8 Å². The second kappa shape index (κ2) is 4.33. The van der Waals surface area contributed by atoms with Gasteiger partial charge in [-0.15, -0.1) is 0 Å². The number of hydrogen-bond donors (Lipinski definition) is 1. The largest absolute Gasteiger partial charge is 0.503 e. The zero-order valence-electron chi connectivity index (χ0n) is 12.5. The summed E-state index contributed by atoms with van der Waals surface area (Å²) in [7, 11) is 0. The quantitative estimate of drug-likeness (QED) is 0.734. The topological polar surface area (TPSA) is 81.0 Å². The number of rotatable bonds is 0. The molecule has 22 heavy (non-hydrogen) atoms. The number of pyridine rings is 1. The Labute approximate surface area is 127 Å². The molecule has 0 aliphatic carbocycles. The predicted molar refractivity (Wildman–Crippen MR) is 75.7 cm³/mol. The maximum atomic E-state index is 12.9. The number of fused-ring (bicyclic) bond motifs is 2. The van der Waals surface area contributed by atoms with E-state index in [1.165, 1.54) is 0 Å². The van der Waals surface area contributed by atoms with E-state index in [0.29, 0.717) is 31.9 Å². The maximum Gasteiger partial charge on any atom is 0.276 e. The van der Waals surface area contributed by atoms with Crippen molar-refractivity contribution >= 4 is 5.91 Å². The molecule has 2 atom stereocenters. The molecule has 1 amide bonds. The first-order valence-corrected chi connectivity index (χ1v) is 7.40. The van der Waals surface area contributed by atoms with Crippen molar-refractivity contribution in [3.63, 3.8) is 0 Å². The van der Waals surface area contributed by atoms with Crippen molar-refractivity contribution in [2.24, 2.45) is 5.41 Å². The van der Waals surface area contributed by atoms with Crippen LogP contribution in [0.15, 0.2) is 11.0 Å². The Bertz CT molecular complexity index is 721. The second-order valence-corrected chi connectivity index (χ2v) is 6.50. The minimum atomic E-state index is -0.495. The average molecular weight is 306 g/mol. The molecule has 0 unspecified atom stereocenters. The third-order valence-corrected chi connectivity index (χ3v) is 5.18. The van der Waals surface area contributed by atoms with E-state index in [4.69, 9.17) is 9.47 Å². The fourth-order valence-corrected chi connectivity index (χ4v) is 3.59. The molecule has 7 heteroatoms. The first-order valence-electron chi connectivity index (χ1n) is 7.40. The molecule has 3 aliphatic rings. The highest BCUT2D eigenvalue weighted by atomic mass is 16.5. The number of aromatic nitrogens is 1. The minimum absolute atomic E-state index is 0.0552. The third-order valence-electron chi connectivity index (χ3n) is 5.18. The first kappa shape index (κ1) is 13.8. The van der Waals surface area contributed by atoms with Gasteiger partial charge < -0.3 is 24.0 Å². The van der Waals surface area contributed by atoms with Gasteiger partial charge in [-0.2, -0.15) is 0 Å². The van der Waals surface area contributed by atoms with Crippen molar-refractivity contribution in [2.45, 2.75) is 32.7 Å². The molecule has 1 N–H and O–H groups in total. The highest BCUT2D eigenvalue weighted by molar-refractivity contribution is 5.96. The Morgan fingerprint density at radius 1 is 1.32 bits per heavy atom. The Hall–Kier alpha value is -1.86. The van der Waals surface area contributed by atoms with E-state index < -0.39 is 11.2 Å². The molecule has 1 spiro atoms. The van der Waals surface area contributed by atoms with Gasteiger partial charge >= 0.3 is 0 Å². The van der Waals surface area contributed by atoms with Gasteiger partial charge in [0.15, 0.2) is 17.7 Å².